The minimum atomic E-state index is -0.540. The fourth-order valence-electron chi connectivity index (χ4n) is 3.00. The van der Waals surface area contributed by atoms with Gasteiger partial charge in [-0.05, 0) is 49.4 Å². The Kier molecular flexibility index (Phi) is 7.19. The second kappa shape index (κ2) is 9.84. The molecular formula is C21H19ClN2O6S. The van der Waals surface area contributed by atoms with Gasteiger partial charge in [-0.3, -0.25) is 24.6 Å². The number of halogens is 1. The maximum Gasteiger partial charge on any atom is 0.293 e. The van der Waals surface area contributed by atoms with Crippen molar-refractivity contribution in [2.24, 2.45) is 0 Å². The van der Waals surface area contributed by atoms with Crippen LogP contribution in [0.1, 0.15) is 25.0 Å². The summed E-state index contributed by atoms with van der Waals surface area (Å²) in [6.07, 6.45) is 1.54. The molecule has 0 atom stereocenters. The smallest absolute Gasteiger partial charge is 0.293 e. The molecule has 1 saturated heterocycles. The largest absolute Gasteiger partial charge is 0.490 e. The fourth-order valence-corrected chi connectivity index (χ4v) is 4.11. The third-order valence-corrected chi connectivity index (χ3v) is 5.50. The van der Waals surface area contributed by atoms with Crippen LogP contribution in [0.5, 0.6) is 11.5 Å². The summed E-state index contributed by atoms with van der Waals surface area (Å²) in [6, 6.07) is 9.30. The van der Waals surface area contributed by atoms with Crippen LogP contribution in [0.2, 0.25) is 5.02 Å². The molecule has 0 saturated carbocycles. The van der Waals surface area contributed by atoms with Crippen molar-refractivity contribution in [3.8, 4) is 11.5 Å². The molecular weight excluding hydrogens is 444 g/mol. The first-order chi connectivity index (χ1) is 14.8. The molecule has 1 heterocycles. The van der Waals surface area contributed by atoms with Crippen molar-refractivity contribution >= 4 is 46.3 Å². The second-order valence-corrected chi connectivity index (χ2v) is 7.75. The molecule has 2 amide bonds. The average molecular weight is 463 g/mol. The number of hydrogen-bond donors (Lipinski definition) is 0. The van der Waals surface area contributed by atoms with Crippen LogP contribution in [0.3, 0.4) is 0 Å². The van der Waals surface area contributed by atoms with Crippen LogP contribution in [0.4, 0.5) is 10.5 Å². The summed E-state index contributed by atoms with van der Waals surface area (Å²) in [5, 5.41) is 11.0. The highest BCUT2D eigenvalue weighted by Gasteiger charge is 2.36. The summed E-state index contributed by atoms with van der Waals surface area (Å²) < 4.78 is 11.1. The van der Waals surface area contributed by atoms with E-state index in [1.807, 2.05) is 13.8 Å². The number of carbonyl (C=O) groups excluding carboxylic acids is 2. The Hall–Kier alpha value is -3.04. The van der Waals surface area contributed by atoms with E-state index in [9.17, 15) is 19.7 Å². The number of benzene rings is 2. The quantitative estimate of drug-likeness (QED) is 0.299. The van der Waals surface area contributed by atoms with Gasteiger partial charge in [0.2, 0.25) is 0 Å². The summed E-state index contributed by atoms with van der Waals surface area (Å²) in [7, 11) is 0. The molecule has 0 bridgehead atoms. The van der Waals surface area contributed by atoms with E-state index in [2.05, 4.69) is 0 Å². The van der Waals surface area contributed by atoms with Gasteiger partial charge in [-0.2, -0.15) is 0 Å². The molecule has 8 nitrogen and oxygen atoms in total. The predicted molar refractivity (Wildman–Crippen MR) is 118 cm³/mol. The molecule has 31 heavy (non-hydrogen) atoms. The molecule has 1 fully saturated rings. The minimum absolute atomic E-state index is 0.148. The maximum atomic E-state index is 12.8. The lowest BCUT2D eigenvalue weighted by atomic mass is 10.1. The lowest BCUT2D eigenvalue weighted by Gasteiger charge is -2.13. The molecule has 0 N–H and O–H groups in total. The van der Waals surface area contributed by atoms with Gasteiger partial charge in [0.05, 0.1) is 34.6 Å². The van der Waals surface area contributed by atoms with Gasteiger partial charge in [0, 0.05) is 11.6 Å². The molecule has 0 spiro atoms. The number of para-hydroxylation sites is 1. The fraction of sp³-hybridized carbons (Fsp3) is 0.238. The van der Waals surface area contributed by atoms with E-state index in [0.29, 0.717) is 35.3 Å². The SMILES string of the molecule is CCOc1cc(/C=C2\SC(=O)N(Cc3ccccc3[N+](=O)[O-])C2=O)cc(Cl)c1OCC. The minimum Gasteiger partial charge on any atom is -0.490 e. The van der Waals surface area contributed by atoms with Gasteiger partial charge in [-0.1, -0.05) is 29.8 Å². The maximum absolute atomic E-state index is 12.8. The monoisotopic (exact) mass is 462 g/mol. The van der Waals surface area contributed by atoms with Gasteiger partial charge < -0.3 is 9.47 Å². The third-order valence-electron chi connectivity index (χ3n) is 4.31. The lowest BCUT2D eigenvalue weighted by Crippen LogP contribution is -2.27. The third kappa shape index (κ3) is 5.00. The van der Waals surface area contributed by atoms with Crippen LogP contribution in [-0.4, -0.2) is 34.2 Å². The molecule has 162 valence electrons. The van der Waals surface area contributed by atoms with Crippen LogP contribution >= 0.6 is 23.4 Å². The van der Waals surface area contributed by atoms with Gasteiger partial charge in [-0.25, -0.2) is 0 Å². The van der Waals surface area contributed by atoms with Crippen molar-refractivity contribution < 1.29 is 24.0 Å². The van der Waals surface area contributed by atoms with Gasteiger partial charge >= 0.3 is 0 Å². The van der Waals surface area contributed by atoms with E-state index in [0.717, 1.165) is 16.7 Å². The Bertz CT molecular complexity index is 1070. The summed E-state index contributed by atoms with van der Waals surface area (Å²) in [5.74, 6) is 0.311. The second-order valence-electron chi connectivity index (χ2n) is 6.35. The van der Waals surface area contributed by atoms with Gasteiger partial charge in [0.15, 0.2) is 11.5 Å². The van der Waals surface area contributed by atoms with Gasteiger partial charge in [0.1, 0.15) is 0 Å². The van der Waals surface area contributed by atoms with E-state index < -0.39 is 16.1 Å². The zero-order valence-corrected chi connectivity index (χ0v) is 18.4. The summed E-state index contributed by atoms with van der Waals surface area (Å²) >= 11 is 7.08. The number of hydrogen-bond acceptors (Lipinski definition) is 7. The summed E-state index contributed by atoms with van der Waals surface area (Å²) in [5.41, 5.74) is 0.692. The highest BCUT2D eigenvalue weighted by molar-refractivity contribution is 8.18. The van der Waals surface area contributed by atoms with Crippen LogP contribution in [0.25, 0.3) is 6.08 Å². The van der Waals surface area contributed by atoms with Crippen molar-refractivity contribution in [2.45, 2.75) is 20.4 Å². The standard InChI is InChI=1S/C21H19ClN2O6S/c1-3-29-17-10-13(9-15(22)19(17)30-4-2)11-18-20(25)23(21(26)31-18)12-14-7-5-6-8-16(14)24(27)28/h5-11H,3-4,12H2,1-2H3/b18-11-. The molecule has 10 heteroatoms. The molecule has 0 aromatic heterocycles. The van der Waals surface area contributed by atoms with Crippen LogP contribution in [-0.2, 0) is 11.3 Å². The van der Waals surface area contributed by atoms with Gasteiger partial charge in [-0.15, -0.1) is 0 Å². The molecule has 1 aliphatic heterocycles. The van der Waals surface area contributed by atoms with E-state index in [4.69, 9.17) is 21.1 Å². The van der Waals surface area contributed by atoms with Crippen molar-refractivity contribution in [2.75, 3.05) is 13.2 Å². The first-order valence-electron chi connectivity index (χ1n) is 9.42. The number of nitrogens with zero attached hydrogens (tertiary/aromatic N) is 2. The Labute approximate surface area is 187 Å². The first kappa shape index (κ1) is 22.6. The number of thioether (sulfide) groups is 1. The van der Waals surface area contributed by atoms with E-state index >= 15 is 0 Å². The van der Waals surface area contributed by atoms with Crippen LogP contribution in [0.15, 0.2) is 41.3 Å². The molecule has 1 aliphatic rings. The molecule has 2 aromatic carbocycles. The van der Waals surface area contributed by atoms with E-state index in [1.165, 1.54) is 24.3 Å². The zero-order valence-electron chi connectivity index (χ0n) is 16.8. The highest BCUT2D eigenvalue weighted by atomic mass is 35.5. The predicted octanol–water partition coefficient (Wildman–Crippen LogP) is 5.28. The molecule has 3 rings (SSSR count). The van der Waals surface area contributed by atoms with E-state index in [-0.39, 0.29) is 22.7 Å². The Balaban J connectivity index is 1.89. The zero-order chi connectivity index (χ0) is 22.5. The number of nitro groups is 1. The molecule has 0 aliphatic carbocycles. The van der Waals surface area contributed by atoms with Crippen molar-refractivity contribution in [3.05, 3.63) is 67.6 Å². The number of rotatable bonds is 8. The molecule has 0 unspecified atom stereocenters. The first-order valence-corrected chi connectivity index (χ1v) is 10.6. The molecule has 2 aromatic rings. The van der Waals surface area contributed by atoms with Crippen molar-refractivity contribution in [3.63, 3.8) is 0 Å². The number of ether oxygens (including phenoxy) is 2. The van der Waals surface area contributed by atoms with Gasteiger partial charge in [0.25, 0.3) is 16.8 Å². The summed E-state index contributed by atoms with van der Waals surface area (Å²) in [4.78, 5) is 37.1. The summed E-state index contributed by atoms with van der Waals surface area (Å²) in [6.45, 7) is 4.26. The number of imide groups is 1. The number of nitro benzene ring substituents is 1. The average Bonchev–Trinajstić information content (AvgIpc) is 2.98. The van der Waals surface area contributed by atoms with E-state index in [1.54, 1.807) is 18.2 Å². The normalized spacial score (nSPS) is 14.9. The van der Waals surface area contributed by atoms with Crippen molar-refractivity contribution in [1.29, 1.82) is 0 Å². The number of amides is 2. The Morgan fingerprint density at radius 2 is 1.87 bits per heavy atom. The molecule has 0 radical (unpaired) electrons. The van der Waals surface area contributed by atoms with Crippen molar-refractivity contribution in [1.82, 2.24) is 4.90 Å². The lowest BCUT2D eigenvalue weighted by molar-refractivity contribution is -0.385. The number of carbonyl (C=O) groups is 2. The Morgan fingerprint density at radius 3 is 2.55 bits per heavy atom. The Morgan fingerprint density at radius 1 is 1.16 bits per heavy atom. The highest BCUT2D eigenvalue weighted by Crippen LogP contribution is 2.39. The topological polar surface area (TPSA) is 99.0 Å². The van der Waals surface area contributed by atoms with Crippen LogP contribution in [0, 0.1) is 10.1 Å². The van der Waals surface area contributed by atoms with Crippen LogP contribution < -0.4 is 9.47 Å².